The quantitative estimate of drug-likeness (QED) is 0.756. The Kier molecular flexibility index (Phi) is 3.14. The molecule has 1 fully saturated rings. The van der Waals surface area contributed by atoms with E-state index in [-0.39, 0.29) is 0 Å². The molecule has 2 heteroatoms. The first-order chi connectivity index (χ1) is 7.74. The fraction of sp³-hybridized carbons (Fsp3) is 0.500. The van der Waals surface area contributed by atoms with E-state index in [9.17, 15) is 0 Å². The number of benzene rings is 1. The van der Waals surface area contributed by atoms with E-state index >= 15 is 0 Å². The van der Waals surface area contributed by atoms with Crippen molar-refractivity contribution in [2.45, 2.75) is 26.7 Å². The monoisotopic (exact) mass is 214 g/mol. The van der Waals surface area contributed by atoms with Crippen molar-refractivity contribution in [2.75, 3.05) is 18.0 Å². The molecule has 2 nitrogen and oxygen atoms in total. The van der Waals surface area contributed by atoms with Gasteiger partial charge in [-0.3, -0.25) is 0 Å². The van der Waals surface area contributed by atoms with Gasteiger partial charge in [0.25, 0.3) is 0 Å². The van der Waals surface area contributed by atoms with Gasteiger partial charge in [0.2, 0.25) is 0 Å². The van der Waals surface area contributed by atoms with Crippen LogP contribution in [0, 0.1) is 24.2 Å². The Bertz CT molecular complexity index is 417. The molecular formula is C14H18N2. The van der Waals surface area contributed by atoms with E-state index < -0.39 is 0 Å². The number of aryl methyl sites for hydroxylation is 1. The van der Waals surface area contributed by atoms with Gasteiger partial charge < -0.3 is 4.90 Å². The normalized spacial score (nSPS) is 19.8. The Labute approximate surface area is 97.5 Å². The average molecular weight is 214 g/mol. The third-order valence-electron chi connectivity index (χ3n) is 3.48. The highest BCUT2D eigenvalue weighted by atomic mass is 15.2. The highest BCUT2D eigenvalue weighted by Gasteiger charge is 2.22. The summed E-state index contributed by atoms with van der Waals surface area (Å²) in [6.07, 6.45) is 2.50. The van der Waals surface area contributed by atoms with E-state index in [2.05, 4.69) is 30.0 Å². The summed E-state index contributed by atoms with van der Waals surface area (Å²) in [4.78, 5) is 2.35. The molecule has 0 amide bonds. The number of hydrogen-bond donors (Lipinski definition) is 0. The second kappa shape index (κ2) is 4.57. The Morgan fingerprint density at radius 2 is 2.31 bits per heavy atom. The Morgan fingerprint density at radius 1 is 1.50 bits per heavy atom. The molecule has 1 unspecified atom stereocenters. The van der Waals surface area contributed by atoms with Gasteiger partial charge in [-0.1, -0.05) is 19.4 Å². The van der Waals surface area contributed by atoms with E-state index in [1.54, 1.807) is 0 Å². The molecule has 0 saturated carbocycles. The van der Waals surface area contributed by atoms with Crippen molar-refractivity contribution in [2.24, 2.45) is 5.92 Å². The van der Waals surface area contributed by atoms with E-state index in [1.165, 1.54) is 12.8 Å². The summed E-state index contributed by atoms with van der Waals surface area (Å²) < 4.78 is 0. The van der Waals surface area contributed by atoms with Crippen LogP contribution >= 0.6 is 0 Å². The van der Waals surface area contributed by atoms with Gasteiger partial charge >= 0.3 is 0 Å². The lowest BCUT2D eigenvalue weighted by atomic mass is 10.1. The predicted molar refractivity (Wildman–Crippen MR) is 66.5 cm³/mol. The van der Waals surface area contributed by atoms with Crippen molar-refractivity contribution >= 4 is 5.69 Å². The van der Waals surface area contributed by atoms with Crippen LogP contribution in [0.1, 0.15) is 30.9 Å². The summed E-state index contributed by atoms with van der Waals surface area (Å²) in [5, 5.41) is 9.15. The number of nitriles is 1. The van der Waals surface area contributed by atoms with Gasteiger partial charge in [0.05, 0.1) is 11.3 Å². The number of hydrogen-bond acceptors (Lipinski definition) is 2. The lowest BCUT2D eigenvalue weighted by Crippen LogP contribution is -2.20. The number of rotatable bonds is 2. The molecule has 0 aliphatic carbocycles. The molecule has 1 aromatic rings. The minimum atomic E-state index is 0.799. The van der Waals surface area contributed by atoms with E-state index in [0.29, 0.717) is 0 Å². The van der Waals surface area contributed by atoms with Crippen LogP contribution in [0.15, 0.2) is 18.2 Å². The van der Waals surface area contributed by atoms with Crippen molar-refractivity contribution in [1.82, 2.24) is 0 Å². The number of nitrogens with zero attached hydrogens (tertiary/aromatic N) is 2. The van der Waals surface area contributed by atoms with Crippen LogP contribution in [0.25, 0.3) is 0 Å². The maximum absolute atomic E-state index is 9.15. The van der Waals surface area contributed by atoms with Gasteiger partial charge in [0, 0.05) is 13.1 Å². The largest absolute Gasteiger partial charge is 0.370 e. The smallest absolute Gasteiger partial charge is 0.101 e. The molecular weight excluding hydrogens is 196 g/mol. The molecule has 1 saturated heterocycles. The van der Waals surface area contributed by atoms with Crippen LogP contribution in [0.4, 0.5) is 5.69 Å². The van der Waals surface area contributed by atoms with Crippen LogP contribution in [-0.2, 0) is 0 Å². The minimum Gasteiger partial charge on any atom is -0.370 e. The molecule has 0 spiro atoms. The summed E-state index contributed by atoms with van der Waals surface area (Å²) in [6.45, 7) is 6.47. The third kappa shape index (κ3) is 2.04. The SMILES string of the molecule is CCC1CCN(c2ccc(C)cc2C#N)C1. The molecule has 16 heavy (non-hydrogen) atoms. The van der Waals surface area contributed by atoms with E-state index in [1.807, 2.05) is 13.0 Å². The third-order valence-corrected chi connectivity index (χ3v) is 3.48. The lowest BCUT2D eigenvalue weighted by molar-refractivity contribution is 0.569. The fourth-order valence-electron chi connectivity index (χ4n) is 2.40. The van der Waals surface area contributed by atoms with Gasteiger partial charge in [0.15, 0.2) is 0 Å². The molecule has 1 aliphatic heterocycles. The zero-order chi connectivity index (χ0) is 11.5. The van der Waals surface area contributed by atoms with Gasteiger partial charge in [0.1, 0.15) is 6.07 Å². The summed E-state index contributed by atoms with van der Waals surface area (Å²) in [6, 6.07) is 8.47. The molecule has 0 radical (unpaired) electrons. The Hall–Kier alpha value is -1.49. The topological polar surface area (TPSA) is 27.0 Å². The summed E-state index contributed by atoms with van der Waals surface area (Å²) >= 11 is 0. The average Bonchev–Trinajstić information content (AvgIpc) is 2.77. The fourth-order valence-corrected chi connectivity index (χ4v) is 2.40. The molecule has 1 aromatic carbocycles. The van der Waals surface area contributed by atoms with Crippen molar-refractivity contribution < 1.29 is 0 Å². The molecule has 1 aliphatic rings. The zero-order valence-electron chi connectivity index (χ0n) is 10.0. The van der Waals surface area contributed by atoms with Gasteiger partial charge in [-0.05, 0) is 37.0 Å². The molecule has 0 aromatic heterocycles. The first-order valence-corrected chi connectivity index (χ1v) is 6.00. The van der Waals surface area contributed by atoms with Gasteiger partial charge in [-0.15, -0.1) is 0 Å². The van der Waals surface area contributed by atoms with Crippen LogP contribution < -0.4 is 4.90 Å². The van der Waals surface area contributed by atoms with Crippen LogP contribution in [0.5, 0.6) is 0 Å². The molecule has 2 rings (SSSR count). The first kappa shape index (κ1) is 11.0. The molecule has 1 atom stereocenters. The second-order valence-corrected chi connectivity index (χ2v) is 4.64. The lowest BCUT2D eigenvalue weighted by Gasteiger charge is -2.20. The number of anilines is 1. The standard InChI is InChI=1S/C14H18N2/c1-3-12-6-7-16(10-12)14-5-4-11(2)8-13(14)9-15/h4-5,8,12H,3,6-7,10H2,1-2H3. The second-order valence-electron chi connectivity index (χ2n) is 4.64. The van der Waals surface area contributed by atoms with E-state index in [4.69, 9.17) is 5.26 Å². The van der Waals surface area contributed by atoms with Crippen molar-refractivity contribution in [3.63, 3.8) is 0 Å². The van der Waals surface area contributed by atoms with Crippen LogP contribution in [0.3, 0.4) is 0 Å². The van der Waals surface area contributed by atoms with Crippen molar-refractivity contribution in [3.8, 4) is 6.07 Å². The van der Waals surface area contributed by atoms with E-state index in [0.717, 1.165) is 35.8 Å². The van der Waals surface area contributed by atoms with Crippen molar-refractivity contribution in [1.29, 1.82) is 5.26 Å². The summed E-state index contributed by atoms with van der Waals surface area (Å²) in [5.41, 5.74) is 3.09. The molecule has 0 bridgehead atoms. The predicted octanol–water partition coefficient (Wildman–Crippen LogP) is 3.10. The Balaban J connectivity index is 2.25. The first-order valence-electron chi connectivity index (χ1n) is 6.00. The van der Waals surface area contributed by atoms with Gasteiger partial charge in [-0.25, -0.2) is 0 Å². The minimum absolute atomic E-state index is 0.799. The molecule has 84 valence electrons. The maximum atomic E-state index is 9.15. The Morgan fingerprint density at radius 3 is 2.94 bits per heavy atom. The zero-order valence-corrected chi connectivity index (χ0v) is 10.0. The van der Waals surface area contributed by atoms with Crippen molar-refractivity contribution in [3.05, 3.63) is 29.3 Å². The van der Waals surface area contributed by atoms with Crippen LogP contribution in [-0.4, -0.2) is 13.1 Å². The highest BCUT2D eigenvalue weighted by molar-refractivity contribution is 5.60. The maximum Gasteiger partial charge on any atom is 0.101 e. The summed E-state index contributed by atoms with van der Waals surface area (Å²) in [5.74, 6) is 0.799. The highest BCUT2D eigenvalue weighted by Crippen LogP contribution is 2.28. The molecule has 1 heterocycles. The van der Waals surface area contributed by atoms with Gasteiger partial charge in [-0.2, -0.15) is 5.26 Å². The molecule has 0 N–H and O–H groups in total. The van der Waals surface area contributed by atoms with Crippen LogP contribution in [0.2, 0.25) is 0 Å². The summed E-state index contributed by atoms with van der Waals surface area (Å²) in [7, 11) is 0.